The number of aryl methyl sites for hydroxylation is 1. The first-order valence-electron chi connectivity index (χ1n) is 23.9. The van der Waals surface area contributed by atoms with Crippen LogP contribution in [0.15, 0.2) is 158 Å². The smallest absolute Gasteiger partial charge is 0.0774 e. The van der Waals surface area contributed by atoms with Crippen LogP contribution in [0.1, 0.15) is 75.6 Å². The van der Waals surface area contributed by atoms with E-state index in [1.165, 1.54) is 74.8 Å². The summed E-state index contributed by atoms with van der Waals surface area (Å²) in [4.78, 5) is 10.1. The van der Waals surface area contributed by atoms with E-state index >= 15 is 0 Å². The van der Waals surface area contributed by atoms with Gasteiger partial charge in [-0.3, -0.25) is 4.98 Å². The molecule has 3 nitrogen and oxygen atoms in total. The van der Waals surface area contributed by atoms with E-state index in [2.05, 4.69) is 234 Å². The number of aromatic nitrogens is 3. The number of hydrogen-bond acceptors (Lipinski definition) is 3. The Morgan fingerprint density at radius 1 is 0.632 bits per heavy atom. The maximum absolute atomic E-state index is 5.29. The third kappa shape index (κ3) is 10.1. The molecule has 10 aromatic rings. The summed E-state index contributed by atoms with van der Waals surface area (Å²) in [7, 11) is 0. The van der Waals surface area contributed by atoms with Crippen molar-refractivity contribution < 1.29 is 20.1 Å². The molecule has 0 bridgehead atoms. The second kappa shape index (κ2) is 20.7. The molecule has 7 aromatic carbocycles. The first-order chi connectivity index (χ1) is 32.2. The first kappa shape index (κ1) is 49.0. The molecule has 0 saturated heterocycles. The van der Waals surface area contributed by atoms with Gasteiger partial charge in [-0.25, -0.2) is 0 Å². The van der Waals surface area contributed by atoms with Gasteiger partial charge in [-0.15, -0.1) is 23.3 Å². The Morgan fingerprint density at radius 3 is 1.90 bits per heavy atom. The van der Waals surface area contributed by atoms with E-state index in [-0.39, 0.29) is 20.1 Å². The zero-order valence-electron chi connectivity index (χ0n) is 41.0. The molecule has 0 aliphatic rings. The fraction of sp³-hybridized carbons (Fsp3) is 0.226. The largest absolute Gasteiger partial charge is 0.333 e. The van der Waals surface area contributed by atoms with Gasteiger partial charge in [0, 0.05) is 30.5 Å². The van der Waals surface area contributed by atoms with Crippen LogP contribution in [-0.4, -0.2) is 27.8 Å². The maximum atomic E-state index is 5.29. The van der Waals surface area contributed by atoms with Crippen LogP contribution >= 0.6 is 11.3 Å². The van der Waals surface area contributed by atoms with E-state index < -0.39 is 13.3 Å². The molecular formula is C62H61GeIrN3S-2. The molecule has 3 aromatic heterocycles. The third-order valence-corrected chi connectivity index (χ3v) is 18.4. The number of imidazole rings is 1. The standard InChI is InChI=1S/C38H33N2S.C24H28GeN.Ir/c1-23(2)30-20-27(26-13-7-6-8-14-26)21-31(24(3)4)36(30)40-34-17-11-10-16-33(34)39-38(40)28-19-25(5)37-32(22-28)29-15-9-12-18-35(29)41-37;1-18(2)14-22-16-24(26-17-23(22)25(3,4)5)21-13-9-12-20(15-21)19-10-7-6-8-11-19;/h6-18,20-24H,1-5H3;6-12,15-18H,14H2,1-5H3;/q2*-1;. The van der Waals surface area contributed by atoms with Gasteiger partial charge in [0.15, 0.2) is 0 Å². The van der Waals surface area contributed by atoms with Gasteiger partial charge in [0.1, 0.15) is 0 Å². The van der Waals surface area contributed by atoms with Crippen LogP contribution in [0.25, 0.3) is 81.8 Å². The number of nitrogens with zero attached hydrogens (tertiary/aromatic N) is 3. The van der Waals surface area contributed by atoms with Crippen molar-refractivity contribution in [1.82, 2.24) is 14.5 Å². The van der Waals surface area contributed by atoms with E-state index in [4.69, 9.17) is 9.97 Å². The van der Waals surface area contributed by atoms with Gasteiger partial charge in [0.2, 0.25) is 0 Å². The second-order valence-corrected chi connectivity index (χ2v) is 31.6. The summed E-state index contributed by atoms with van der Waals surface area (Å²) in [5, 5.41) is 2.58. The average molecular weight is 1150 g/mol. The quantitative estimate of drug-likeness (QED) is 0.101. The van der Waals surface area contributed by atoms with E-state index in [1.807, 2.05) is 17.4 Å². The van der Waals surface area contributed by atoms with Gasteiger partial charge in [0.05, 0.1) is 16.9 Å². The number of fused-ring (bicyclic) bond motifs is 4. The molecule has 10 rings (SSSR count). The van der Waals surface area contributed by atoms with Crippen molar-refractivity contribution in [2.75, 3.05) is 0 Å². The molecule has 0 aliphatic heterocycles. The molecule has 345 valence electrons. The molecule has 0 atom stereocenters. The molecule has 0 amide bonds. The summed E-state index contributed by atoms with van der Waals surface area (Å²) in [5.74, 6) is 9.59. The van der Waals surface area contributed by atoms with Gasteiger partial charge in [-0.1, -0.05) is 101 Å². The van der Waals surface area contributed by atoms with Crippen molar-refractivity contribution in [1.29, 1.82) is 0 Å². The SMILES string of the molecule is CC(C)Cc1cc(-c2[c-]ccc(-c3ccccc3)c2)nc[c]1[Ge]([CH3])([CH3])[CH3].Cc1[c-]c(-c2nc3ccccc3n2-c2c(C(C)C)cc(-c3ccccc3)cc2C(C)C)cc2c1sc1ccccc12.[Ir]. The number of thiophene rings is 1. The average Bonchev–Trinajstić information content (AvgIpc) is 3.91. The summed E-state index contributed by atoms with van der Waals surface area (Å²) in [6, 6.07) is 61.4. The van der Waals surface area contributed by atoms with Crippen molar-refractivity contribution in [3.63, 3.8) is 0 Å². The molecule has 3 heterocycles. The Kier molecular flexibility index (Phi) is 14.9. The predicted octanol–water partition coefficient (Wildman–Crippen LogP) is 17.0. The van der Waals surface area contributed by atoms with Crippen LogP contribution in [0.4, 0.5) is 0 Å². The van der Waals surface area contributed by atoms with E-state index in [0.717, 1.165) is 40.1 Å². The van der Waals surface area contributed by atoms with Crippen molar-refractivity contribution >= 4 is 60.2 Å². The van der Waals surface area contributed by atoms with Crippen molar-refractivity contribution in [2.45, 2.75) is 84.0 Å². The summed E-state index contributed by atoms with van der Waals surface area (Å²) >= 11 is -0.0809. The predicted molar refractivity (Wildman–Crippen MR) is 292 cm³/mol. The monoisotopic (exact) mass is 1150 g/mol. The van der Waals surface area contributed by atoms with Crippen LogP contribution in [0.5, 0.6) is 0 Å². The zero-order chi connectivity index (χ0) is 47.0. The van der Waals surface area contributed by atoms with Crippen LogP contribution in [0.2, 0.25) is 17.3 Å². The van der Waals surface area contributed by atoms with Gasteiger partial charge >= 0.3 is 161 Å². The molecule has 6 heteroatoms. The van der Waals surface area contributed by atoms with Crippen LogP contribution < -0.4 is 4.40 Å². The normalized spacial score (nSPS) is 11.7. The number of pyridine rings is 1. The van der Waals surface area contributed by atoms with Crippen molar-refractivity contribution in [3.8, 4) is 50.6 Å². The van der Waals surface area contributed by atoms with Gasteiger partial charge in [-0.05, 0) is 74.5 Å². The number of rotatable bonds is 10. The van der Waals surface area contributed by atoms with Gasteiger partial charge < -0.3 is 4.57 Å². The molecule has 0 fully saturated rings. The summed E-state index contributed by atoms with van der Waals surface area (Å²) in [6.07, 6.45) is 3.27. The molecule has 0 unspecified atom stereocenters. The summed E-state index contributed by atoms with van der Waals surface area (Å²) < 4.78 is 6.56. The van der Waals surface area contributed by atoms with Crippen molar-refractivity contribution in [2.24, 2.45) is 5.92 Å². The Labute approximate surface area is 424 Å². The number of benzene rings is 7. The Hall–Kier alpha value is -5.43. The van der Waals surface area contributed by atoms with Gasteiger partial charge in [0.25, 0.3) is 0 Å². The summed E-state index contributed by atoms with van der Waals surface area (Å²) in [6.45, 7) is 16.0. The van der Waals surface area contributed by atoms with Crippen LogP contribution in [-0.2, 0) is 26.5 Å². The Morgan fingerprint density at radius 2 is 1.25 bits per heavy atom. The van der Waals surface area contributed by atoms with E-state index in [0.29, 0.717) is 17.8 Å². The maximum Gasteiger partial charge on any atom is 0.0774 e. The fourth-order valence-corrected chi connectivity index (χ4v) is 13.9. The van der Waals surface area contributed by atoms with E-state index in [9.17, 15) is 0 Å². The second-order valence-electron chi connectivity index (χ2n) is 20.0. The number of hydrogen-bond donors (Lipinski definition) is 0. The number of para-hydroxylation sites is 2. The molecule has 0 saturated carbocycles. The van der Waals surface area contributed by atoms with Gasteiger partial charge in [-0.2, -0.15) is 11.3 Å². The third-order valence-electron chi connectivity index (χ3n) is 12.7. The molecular weight excluding hydrogens is 1080 g/mol. The topological polar surface area (TPSA) is 30.7 Å². The molecule has 0 N–H and O–H groups in total. The molecule has 0 aliphatic carbocycles. The Balaban J connectivity index is 0.000000201. The Bertz CT molecular complexity index is 3330. The fourth-order valence-electron chi connectivity index (χ4n) is 9.45. The van der Waals surface area contributed by atoms with Crippen LogP contribution in [0, 0.1) is 25.0 Å². The minimum absolute atomic E-state index is 0. The first-order valence-corrected chi connectivity index (χ1v) is 32.0. The van der Waals surface area contributed by atoms with Crippen molar-refractivity contribution in [3.05, 3.63) is 192 Å². The minimum atomic E-state index is -1.93. The summed E-state index contributed by atoms with van der Waals surface area (Å²) in [5.41, 5.74) is 16.8. The molecule has 1 radical (unpaired) electrons. The molecule has 68 heavy (non-hydrogen) atoms. The van der Waals surface area contributed by atoms with Crippen LogP contribution in [0.3, 0.4) is 0 Å². The van der Waals surface area contributed by atoms with E-state index in [1.54, 1.807) is 0 Å². The zero-order valence-corrected chi connectivity index (χ0v) is 46.3. The minimum Gasteiger partial charge on any atom is -0.333 e. The molecule has 0 spiro atoms.